The smallest absolute Gasteiger partial charge is 0.222 e. The highest BCUT2D eigenvalue weighted by Crippen LogP contribution is 2.17. The van der Waals surface area contributed by atoms with E-state index in [1.807, 2.05) is 11.9 Å². The van der Waals surface area contributed by atoms with Gasteiger partial charge in [-0.1, -0.05) is 6.92 Å². The molecule has 1 aliphatic rings. The minimum atomic E-state index is 0.131. The molecule has 1 heterocycles. The molecule has 22 heavy (non-hydrogen) atoms. The lowest BCUT2D eigenvalue weighted by Crippen LogP contribution is -2.46. The summed E-state index contributed by atoms with van der Waals surface area (Å²) in [6, 6.07) is 0.412. The number of nitrogens with zero attached hydrogens (tertiary/aromatic N) is 2. The van der Waals surface area contributed by atoms with Gasteiger partial charge in [0.1, 0.15) is 0 Å². The molecule has 1 N–H and O–H groups in total. The largest absolute Gasteiger partial charge is 0.343 e. The molecule has 0 radical (unpaired) electrons. The highest BCUT2D eigenvalue weighted by atomic mass is 32.1. The molecule has 5 heteroatoms. The van der Waals surface area contributed by atoms with Crippen molar-refractivity contribution < 1.29 is 4.79 Å². The first kappa shape index (κ1) is 19.8. The lowest BCUT2D eigenvalue weighted by atomic mass is 10.0. The highest BCUT2D eigenvalue weighted by Gasteiger charge is 2.25. The Morgan fingerprint density at radius 1 is 1.36 bits per heavy atom. The summed E-state index contributed by atoms with van der Waals surface area (Å²) in [7, 11) is 1.97. The van der Waals surface area contributed by atoms with Crippen molar-refractivity contribution in [2.45, 2.75) is 70.2 Å². The van der Waals surface area contributed by atoms with Crippen LogP contribution >= 0.6 is 12.6 Å². The van der Waals surface area contributed by atoms with Crippen LogP contribution < -0.4 is 5.32 Å². The van der Waals surface area contributed by atoms with Crippen LogP contribution in [0.5, 0.6) is 0 Å². The quantitative estimate of drug-likeness (QED) is 0.556. The zero-order valence-electron chi connectivity index (χ0n) is 15.1. The van der Waals surface area contributed by atoms with Crippen LogP contribution in [0.2, 0.25) is 0 Å². The summed E-state index contributed by atoms with van der Waals surface area (Å²) in [4.78, 5) is 16.7. The molecule has 0 aromatic heterocycles. The second kappa shape index (κ2) is 9.14. The van der Waals surface area contributed by atoms with Crippen LogP contribution in [0.1, 0.15) is 53.4 Å². The molecule has 1 atom stereocenters. The molecule has 1 saturated heterocycles. The Hall–Kier alpha value is -0.260. The molecule has 0 aromatic carbocycles. The van der Waals surface area contributed by atoms with E-state index in [2.05, 4.69) is 50.5 Å². The van der Waals surface area contributed by atoms with Gasteiger partial charge >= 0.3 is 0 Å². The van der Waals surface area contributed by atoms with Crippen molar-refractivity contribution in [3.05, 3.63) is 0 Å². The Morgan fingerprint density at radius 2 is 1.95 bits per heavy atom. The number of piperidine rings is 1. The number of carbonyl (C=O) groups is 1. The number of rotatable bonds is 7. The van der Waals surface area contributed by atoms with Crippen LogP contribution in [0.15, 0.2) is 0 Å². The van der Waals surface area contributed by atoms with Crippen LogP contribution in [0.3, 0.4) is 0 Å². The fraction of sp³-hybridized carbons (Fsp3) is 0.941. The first-order valence-corrected chi connectivity index (χ1v) is 9.12. The Kier molecular flexibility index (Phi) is 8.22. The molecule has 130 valence electrons. The van der Waals surface area contributed by atoms with E-state index in [9.17, 15) is 4.79 Å². The number of thiol groups is 1. The van der Waals surface area contributed by atoms with E-state index in [1.54, 1.807) is 0 Å². The van der Waals surface area contributed by atoms with Gasteiger partial charge in [0.25, 0.3) is 0 Å². The Labute approximate surface area is 142 Å². The molecular weight excluding hydrogens is 294 g/mol. The molecule has 0 spiro atoms. The van der Waals surface area contributed by atoms with Crippen molar-refractivity contribution in [3.63, 3.8) is 0 Å². The molecule has 0 aromatic rings. The van der Waals surface area contributed by atoms with Crippen LogP contribution in [-0.4, -0.2) is 65.8 Å². The summed E-state index contributed by atoms with van der Waals surface area (Å²) < 4.78 is 0. The van der Waals surface area contributed by atoms with E-state index in [0.29, 0.717) is 17.7 Å². The number of hydrogen-bond donors (Lipinski definition) is 2. The Balaban J connectivity index is 2.24. The molecule has 4 nitrogen and oxygen atoms in total. The van der Waals surface area contributed by atoms with Crippen LogP contribution in [0.4, 0.5) is 0 Å². The monoisotopic (exact) mass is 329 g/mol. The average molecular weight is 330 g/mol. The van der Waals surface area contributed by atoms with E-state index in [4.69, 9.17) is 0 Å². The van der Waals surface area contributed by atoms with Gasteiger partial charge in [-0.3, -0.25) is 4.79 Å². The van der Waals surface area contributed by atoms with Crippen molar-refractivity contribution >= 4 is 18.5 Å². The number of amides is 1. The van der Waals surface area contributed by atoms with Gasteiger partial charge in [-0.25, -0.2) is 0 Å². The third kappa shape index (κ3) is 7.84. The minimum Gasteiger partial charge on any atom is -0.343 e. The van der Waals surface area contributed by atoms with Gasteiger partial charge in [0.05, 0.1) is 0 Å². The van der Waals surface area contributed by atoms with Crippen LogP contribution in [0.25, 0.3) is 0 Å². The molecule has 1 fully saturated rings. The lowest BCUT2D eigenvalue weighted by molar-refractivity contribution is -0.132. The molecule has 1 aliphatic heterocycles. The first-order valence-electron chi connectivity index (χ1n) is 8.60. The number of hydrogen-bond acceptors (Lipinski definition) is 4. The SMILES string of the molecule is CC(S)CN1CCC(N(C)C(=O)CCCNC(C)(C)C)CC1. The van der Waals surface area contributed by atoms with Crippen molar-refractivity contribution in [2.24, 2.45) is 0 Å². The van der Waals surface area contributed by atoms with Gasteiger partial charge in [-0.05, 0) is 46.6 Å². The fourth-order valence-corrected chi connectivity index (χ4v) is 3.18. The van der Waals surface area contributed by atoms with Gasteiger partial charge in [0, 0.05) is 49.9 Å². The van der Waals surface area contributed by atoms with Crippen LogP contribution in [-0.2, 0) is 4.79 Å². The predicted octanol–water partition coefficient (Wildman–Crippen LogP) is 2.40. The van der Waals surface area contributed by atoms with Crippen molar-refractivity contribution in [3.8, 4) is 0 Å². The summed E-state index contributed by atoms with van der Waals surface area (Å²) in [5, 5.41) is 3.86. The first-order chi connectivity index (χ1) is 10.2. The molecular formula is C17H35N3OS. The van der Waals surface area contributed by atoms with Gasteiger partial charge in [-0.15, -0.1) is 0 Å². The standard InChI is InChI=1S/C17H35N3OS/c1-14(22)13-20-11-8-15(9-12-20)19(5)16(21)7-6-10-18-17(2,3)4/h14-15,18,22H,6-13H2,1-5H3. The summed E-state index contributed by atoms with van der Waals surface area (Å²) >= 11 is 4.46. The topological polar surface area (TPSA) is 35.6 Å². The summed E-state index contributed by atoms with van der Waals surface area (Å²) in [6.45, 7) is 12.7. The molecule has 1 unspecified atom stereocenters. The summed E-state index contributed by atoms with van der Waals surface area (Å²) in [5.74, 6) is 0.289. The Morgan fingerprint density at radius 3 is 2.45 bits per heavy atom. The van der Waals surface area contributed by atoms with Gasteiger partial charge in [0.2, 0.25) is 5.91 Å². The van der Waals surface area contributed by atoms with E-state index in [0.717, 1.165) is 45.4 Å². The Bertz CT molecular complexity index is 333. The highest BCUT2D eigenvalue weighted by molar-refractivity contribution is 7.80. The predicted molar refractivity (Wildman–Crippen MR) is 97.7 cm³/mol. The van der Waals surface area contributed by atoms with E-state index < -0.39 is 0 Å². The summed E-state index contributed by atoms with van der Waals surface area (Å²) in [5.41, 5.74) is 0.131. The minimum absolute atomic E-state index is 0.131. The van der Waals surface area contributed by atoms with Crippen LogP contribution in [0, 0.1) is 0 Å². The normalized spacial score (nSPS) is 19.2. The maximum absolute atomic E-state index is 12.3. The number of carbonyl (C=O) groups excluding carboxylic acids is 1. The maximum Gasteiger partial charge on any atom is 0.222 e. The van der Waals surface area contributed by atoms with E-state index in [-0.39, 0.29) is 11.4 Å². The third-order valence-electron chi connectivity index (χ3n) is 4.24. The van der Waals surface area contributed by atoms with Gasteiger partial charge < -0.3 is 15.1 Å². The lowest BCUT2D eigenvalue weighted by Gasteiger charge is -2.37. The summed E-state index contributed by atoms with van der Waals surface area (Å²) in [6.07, 6.45) is 3.73. The molecule has 0 saturated carbocycles. The van der Waals surface area contributed by atoms with Crippen molar-refractivity contribution in [1.82, 2.24) is 15.1 Å². The molecule has 1 rings (SSSR count). The zero-order chi connectivity index (χ0) is 16.8. The van der Waals surface area contributed by atoms with E-state index in [1.165, 1.54) is 0 Å². The van der Waals surface area contributed by atoms with Gasteiger partial charge in [0.15, 0.2) is 0 Å². The van der Waals surface area contributed by atoms with E-state index >= 15 is 0 Å². The molecule has 1 amide bonds. The average Bonchev–Trinajstić information content (AvgIpc) is 2.41. The van der Waals surface area contributed by atoms with Crippen molar-refractivity contribution in [2.75, 3.05) is 33.2 Å². The number of nitrogens with one attached hydrogen (secondary N) is 1. The zero-order valence-corrected chi connectivity index (χ0v) is 16.0. The van der Waals surface area contributed by atoms with Crippen molar-refractivity contribution in [1.29, 1.82) is 0 Å². The maximum atomic E-state index is 12.3. The second-order valence-electron chi connectivity index (χ2n) is 7.67. The fourth-order valence-electron chi connectivity index (χ4n) is 2.95. The van der Waals surface area contributed by atoms with Gasteiger partial charge in [-0.2, -0.15) is 12.6 Å². The number of likely N-dealkylation sites (tertiary alicyclic amines) is 1. The molecule has 0 bridgehead atoms. The third-order valence-corrected chi connectivity index (χ3v) is 4.41. The molecule has 0 aliphatic carbocycles. The second-order valence-corrected chi connectivity index (χ2v) is 8.55.